The van der Waals surface area contributed by atoms with Crippen LogP contribution >= 0.6 is 12.4 Å². The van der Waals surface area contributed by atoms with E-state index in [1.807, 2.05) is 25.1 Å². The largest absolute Gasteiger partial charge is 0.398 e. The lowest BCUT2D eigenvalue weighted by Crippen LogP contribution is -2.50. The van der Waals surface area contributed by atoms with Crippen LogP contribution in [0, 0.1) is 0 Å². The van der Waals surface area contributed by atoms with Crippen molar-refractivity contribution in [1.82, 2.24) is 4.90 Å². The van der Waals surface area contributed by atoms with Crippen molar-refractivity contribution in [3.8, 4) is 0 Å². The fraction of sp³-hybridized carbons (Fsp3) is 0.588. The molecule has 0 radical (unpaired) electrons. The molecule has 0 spiro atoms. The Kier molecular flexibility index (Phi) is 5.89. The summed E-state index contributed by atoms with van der Waals surface area (Å²) in [5.74, 6) is 0.213. The number of sulfone groups is 1. The van der Waals surface area contributed by atoms with E-state index in [2.05, 4.69) is 4.90 Å². The molecule has 6 nitrogen and oxygen atoms in total. The van der Waals surface area contributed by atoms with Gasteiger partial charge in [0.15, 0.2) is 9.84 Å². The highest BCUT2D eigenvalue weighted by atomic mass is 35.5. The van der Waals surface area contributed by atoms with Gasteiger partial charge in [0, 0.05) is 31.0 Å². The molecule has 140 valence electrons. The maximum Gasteiger partial charge on any atom is 0.245 e. The van der Waals surface area contributed by atoms with Crippen LogP contribution in [-0.2, 0) is 21.1 Å². The van der Waals surface area contributed by atoms with Gasteiger partial charge in [0.05, 0.1) is 11.5 Å². The van der Waals surface area contributed by atoms with Crippen LogP contribution in [0.3, 0.4) is 0 Å². The van der Waals surface area contributed by atoms with Crippen LogP contribution in [0.2, 0.25) is 0 Å². The Bertz CT molecular complexity index is 754. The van der Waals surface area contributed by atoms with Gasteiger partial charge in [-0.1, -0.05) is 6.07 Å². The molecule has 0 aliphatic carbocycles. The number of anilines is 2. The number of nitrogens with zero attached hydrogens (tertiary/aromatic N) is 2. The molecule has 0 bridgehead atoms. The molecule has 3 rings (SSSR count). The SMILES string of the molecule is CC(C(=O)N(C)C1CCS(=O)(=O)C1)N1CCCc2c(N)cccc21.Cl. The van der Waals surface area contributed by atoms with Gasteiger partial charge in [-0.15, -0.1) is 12.4 Å². The molecule has 1 fully saturated rings. The molecule has 0 aromatic heterocycles. The zero-order valence-electron chi connectivity index (χ0n) is 14.6. The summed E-state index contributed by atoms with van der Waals surface area (Å²) in [5, 5.41) is 0. The lowest BCUT2D eigenvalue weighted by atomic mass is 9.98. The van der Waals surface area contributed by atoms with Crippen molar-refractivity contribution < 1.29 is 13.2 Å². The van der Waals surface area contributed by atoms with Crippen LogP contribution < -0.4 is 10.6 Å². The van der Waals surface area contributed by atoms with Crippen molar-refractivity contribution in [2.45, 2.75) is 38.3 Å². The highest BCUT2D eigenvalue weighted by Gasteiger charge is 2.36. The second-order valence-corrected chi connectivity index (χ2v) is 9.05. The van der Waals surface area contributed by atoms with Gasteiger partial charge in [-0.2, -0.15) is 0 Å². The number of nitrogens with two attached hydrogens (primary N) is 1. The number of fused-ring (bicyclic) bond motifs is 1. The first-order valence-corrected chi connectivity index (χ1v) is 10.2. The van der Waals surface area contributed by atoms with Crippen LogP contribution in [-0.4, -0.2) is 56.4 Å². The number of likely N-dealkylation sites (N-methyl/N-ethyl adjacent to an activating group) is 1. The third kappa shape index (κ3) is 3.87. The van der Waals surface area contributed by atoms with E-state index in [4.69, 9.17) is 5.73 Å². The number of nitrogen functional groups attached to an aromatic ring is 1. The fourth-order valence-electron chi connectivity index (χ4n) is 3.77. The summed E-state index contributed by atoms with van der Waals surface area (Å²) in [7, 11) is -1.29. The first kappa shape index (κ1) is 19.8. The van der Waals surface area contributed by atoms with Crippen molar-refractivity contribution >= 4 is 39.5 Å². The average Bonchev–Trinajstić information content (AvgIpc) is 2.93. The van der Waals surface area contributed by atoms with E-state index in [0.717, 1.165) is 36.3 Å². The van der Waals surface area contributed by atoms with E-state index in [0.29, 0.717) is 6.42 Å². The fourth-order valence-corrected chi connectivity index (χ4v) is 5.55. The first-order valence-electron chi connectivity index (χ1n) is 8.41. The van der Waals surface area contributed by atoms with E-state index >= 15 is 0 Å². The highest BCUT2D eigenvalue weighted by Crippen LogP contribution is 2.33. The van der Waals surface area contributed by atoms with Crippen LogP contribution in [0.15, 0.2) is 18.2 Å². The lowest BCUT2D eigenvalue weighted by Gasteiger charge is -2.38. The van der Waals surface area contributed by atoms with E-state index in [9.17, 15) is 13.2 Å². The molecule has 8 heteroatoms. The van der Waals surface area contributed by atoms with Crippen molar-refractivity contribution in [3.63, 3.8) is 0 Å². The Morgan fingerprint density at radius 2 is 2.12 bits per heavy atom. The number of amides is 1. The predicted octanol–water partition coefficient (Wildman–Crippen LogP) is 1.48. The Morgan fingerprint density at radius 3 is 2.76 bits per heavy atom. The van der Waals surface area contributed by atoms with Gasteiger partial charge < -0.3 is 15.5 Å². The third-order valence-electron chi connectivity index (χ3n) is 5.25. The average molecular weight is 388 g/mol. The number of hydrogen-bond donors (Lipinski definition) is 1. The maximum atomic E-state index is 12.9. The van der Waals surface area contributed by atoms with E-state index < -0.39 is 9.84 Å². The molecule has 2 aliphatic rings. The molecular weight excluding hydrogens is 362 g/mol. The van der Waals surface area contributed by atoms with Gasteiger partial charge in [0.25, 0.3) is 0 Å². The molecule has 1 aromatic rings. The van der Waals surface area contributed by atoms with E-state index in [1.165, 1.54) is 0 Å². The lowest BCUT2D eigenvalue weighted by molar-refractivity contribution is -0.132. The van der Waals surface area contributed by atoms with Gasteiger partial charge in [0.1, 0.15) is 6.04 Å². The molecule has 1 amide bonds. The van der Waals surface area contributed by atoms with Crippen LogP contribution in [0.4, 0.5) is 11.4 Å². The predicted molar refractivity (Wildman–Crippen MR) is 103 cm³/mol. The van der Waals surface area contributed by atoms with E-state index in [-0.39, 0.29) is 41.9 Å². The molecule has 2 atom stereocenters. The minimum absolute atomic E-state index is 0. The topological polar surface area (TPSA) is 83.7 Å². The molecule has 25 heavy (non-hydrogen) atoms. The summed E-state index contributed by atoms with van der Waals surface area (Å²) in [6.07, 6.45) is 2.41. The Labute approximate surface area is 155 Å². The summed E-state index contributed by atoms with van der Waals surface area (Å²) in [6.45, 7) is 2.70. The number of benzene rings is 1. The molecule has 2 aliphatic heterocycles. The van der Waals surface area contributed by atoms with Gasteiger partial charge in [-0.05, 0) is 43.9 Å². The number of hydrogen-bond acceptors (Lipinski definition) is 5. The van der Waals surface area contributed by atoms with Crippen molar-refractivity contribution in [2.24, 2.45) is 0 Å². The van der Waals surface area contributed by atoms with Crippen molar-refractivity contribution in [2.75, 3.05) is 35.7 Å². The second-order valence-electron chi connectivity index (χ2n) is 6.82. The Morgan fingerprint density at radius 1 is 1.40 bits per heavy atom. The van der Waals surface area contributed by atoms with Gasteiger partial charge >= 0.3 is 0 Å². The molecule has 0 saturated carbocycles. The molecule has 2 heterocycles. The minimum atomic E-state index is -3.00. The summed E-state index contributed by atoms with van der Waals surface area (Å²) in [4.78, 5) is 16.6. The Hall–Kier alpha value is -1.47. The van der Waals surface area contributed by atoms with Crippen LogP contribution in [0.1, 0.15) is 25.3 Å². The quantitative estimate of drug-likeness (QED) is 0.794. The highest BCUT2D eigenvalue weighted by molar-refractivity contribution is 7.91. The van der Waals surface area contributed by atoms with E-state index in [1.54, 1.807) is 11.9 Å². The number of carbonyl (C=O) groups excluding carboxylic acids is 1. The van der Waals surface area contributed by atoms with Gasteiger partial charge in [-0.25, -0.2) is 8.42 Å². The molecule has 2 N–H and O–H groups in total. The third-order valence-corrected chi connectivity index (χ3v) is 7.00. The minimum Gasteiger partial charge on any atom is -0.398 e. The standard InChI is InChI=1S/C17H25N3O3S.ClH/c1-12(17(21)19(2)13-8-10-24(22,23)11-13)20-9-4-5-14-15(18)6-3-7-16(14)20;/h3,6-7,12-13H,4-5,8-11,18H2,1-2H3;1H. The summed E-state index contributed by atoms with van der Waals surface area (Å²) in [6, 6.07) is 5.27. The van der Waals surface area contributed by atoms with Crippen LogP contribution in [0.5, 0.6) is 0 Å². The molecular formula is C17H26ClN3O3S. The summed E-state index contributed by atoms with van der Waals surface area (Å²) in [5.41, 5.74) is 8.98. The van der Waals surface area contributed by atoms with Crippen molar-refractivity contribution in [3.05, 3.63) is 23.8 Å². The smallest absolute Gasteiger partial charge is 0.245 e. The molecule has 1 aromatic carbocycles. The molecule has 2 unspecified atom stereocenters. The monoisotopic (exact) mass is 387 g/mol. The zero-order valence-corrected chi connectivity index (χ0v) is 16.3. The number of halogens is 1. The maximum absolute atomic E-state index is 12.9. The normalized spacial score (nSPS) is 22.6. The summed E-state index contributed by atoms with van der Waals surface area (Å²) < 4.78 is 23.4. The van der Waals surface area contributed by atoms with Crippen molar-refractivity contribution in [1.29, 1.82) is 0 Å². The van der Waals surface area contributed by atoms with Gasteiger partial charge in [-0.3, -0.25) is 4.79 Å². The first-order chi connectivity index (χ1) is 11.3. The molecule has 1 saturated heterocycles. The zero-order chi connectivity index (χ0) is 17.5. The van der Waals surface area contributed by atoms with Gasteiger partial charge in [0.2, 0.25) is 5.91 Å². The Balaban J connectivity index is 0.00000225. The number of rotatable bonds is 3. The summed E-state index contributed by atoms with van der Waals surface area (Å²) >= 11 is 0. The van der Waals surface area contributed by atoms with Crippen LogP contribution in [0.25, 0.3) is 0 Å². The second kappa shape index (κ2) is 7.41. The number of carbonyl (C=O) groups is 1.